The van der Waals surface area contributed by atoms with Crippen LogP contribution >= 0.6 is 22.6 Å². The second kappa shape index (κ2) is 9.73. The van der Waals surface area contributed by atoms with Crippen LogP contribution in [0.2, 0.25) is 0 Å². The Morgan fingerprint density at radius 3 is 2.74 bits per heavy atom. The first-order chi connectivity index (χ1) is 12.7. The number of nitrogens with one attached hydrogen (secondary N) is 1. The van der Waals surface area contributed by atoms with Crippen LogP contribution < -0.4 is 5.32 Å². The standard InChI is InChI=1S/C20H29IN2O4/c1-5-26-18(24)16-10-6-8-14(17(16)21)12-23-11-7-9-15(13-23)22-19(25)27-20(2,3)4/h6,8,10,15H,5,7,9,11-13H2,1-4H3,(H,22,25)/t15-/m0/s1. The Morgan fingerprint density at radius 1 is 1.33 bits per heavy atom. The van der Waals surface area contributed by atoms with Crippen LogP contribution in [0.1, 0.15) is 56.5 Å². The Morgan fingerprint density at radius 2 is 2.07 bits per heavy atom. The van der Waals surface area contributed by atoms with E-state index in [2.05, 4.69) is 32.8 Å². The van der Waals surface area contributed by atoms with Crippen LogP contribution in [0.15, 0.2) is 18.2 Å². The Bertz CT molecular complexity index is 672. The first-order valence-electron chi connectivity index (χ1n) is 9.36. The van der Waals surface area contributed by atoms with E-state index < -0.39 is 5.60 Å². The monoisotopic (exact) mass is 488 g/mol. The molecule has 1 saturated heterocycles. The molecule has 150 valence electrons. The molecule has 27 heavy (non-hydrogen) atoms. The van der Waals surface area contributed by atoms with Gasteiger partial charge in [-0.05, 0) is 81.3 Å². The van der Waals surface area contributed by atoms with E-state index in [1.165, 1.54) is 0 Å². The summed E-state index contributed by atoms with van der Waals surface area (Å²) in [6.07, 6.45) is 1.58. The normalized spacial score (nSPS) is 18.0. The number of hydrogen-bond donors (Lipinski definition) is 1. The summed E-state index contributed by atoms with van der Waals surface area (Å²) in [5.74, 6) is -0.285. The van der Waals surface area contributed by atoms with Gasteiger partial charge in [0.15, 0.2) is 0 Å². The van der Waals surface area contributed by atoms with Crippen molar-refractivity contribution in [3.8, 4) is 0 Å². The number of alkyl carbamates (subject to hydrolysis) is 1. The molecule has 1 amide bonds. The molecular weight excluding hydrogens is 459 g/mol. The van der Waals surface area contributed by atoms with Crippen molar-refractivity contribution in [2.45, 2.75) is 58.7 Å². The van der Waals surface area contributed by atoms with E-state index in [1.807, 2.05) is 32.9 Å². The summed E-state index contributed by atoms with van der Waals surface area (Å²) in [6.45, 7) is 10.2. The molecule has 1 N–H and O–H groups in total. The van der Waals surface area contributed by atoms with Crippen LogP contribution in [-0.2, 0) is 16.0 Å². The van der Waals surface area contributed by atoms with Crippen LogP contribution in [0.4, 0.5) is 4.79 Å². The quantitative estimate of drug-likeness (QED) is 0.502. The molecule has 1 heterocycles. The second-order valence-electron chi connectivity index (χ2n) is 7.72. The van der Waals surface area contributed by atoms with Crippen LogP contribution in [0, 0.1) is 3.57 Å². The van der Waals surface area contributed by atoms with Crippen LogP contribution in [0.5, 0.6) is 0 Å². The van der Waals surface area contributed by atoms with Crippen molar-refractivity contribution < 1.29 is 19.1 Å². The van der Waals surface area contributed by atoms with Gasteiger partial charge in [-0.25, -0.2) is 9.59 Å². The number of halogens is 1. The highest BCUT2D eigenvalue weighted by molar-refractivity contribution is 14.1. The van der Waals surface area contributed by atoms with Gasteiger partial charge in [0.25, 0.3) is 0 Å². The minimum Gasteiger partial charge on any atom is -0.462 e. The topological polar surface area (TPSA) is 67.9 Å². The lowest BCUT2D eigenvalue weighted by atomic mass is 10.0. The van der Waals surface area contributed by atoms with Crippen molar-refractivity contribution in [3.63, 3.8) is 0 Å². The summed E-state index contributed by atoms with van der Waals surface area (Å²) in [5.41, 5.74) is 1.21. The second-order valence-corrected chi connectivity index (χ2v) is 8.80. The number of piperidine rings is 1. The zero-order valence-electron chi connectivity index (χ0n) is 16.5. The average molecular weight is 488 g/mol. The number of benzene rings is 1. The van der Waals surface area contributed by atoms with Gasteiger partial charge >= 0.3 is 12.1 Å². The molecule has 7 heteroatoms. The molecule has 0 radical (unpaired) electrons. The molecule has 0 aromatic heterocycles. The predicted molar refractivity (Wildman–Crippen MR) is 113 cm³/mol. The van der Waals surface area contributed by atoms with E-state index in [-0.39, 0.29) is 18.1 Å². The summed E-state index contributed by atoms with van der Waals surface area (Å²) in [4.78, 5) is 26.4. The largest absolute Gasteiger partial charge is 0.462 e. The zero-order chi connectivity index (χ0) is 20.0. The van der Waals surface area contributed by atoms with Crippen molar-refractivity contribution in [1.82, 2.24) is 10.2 Å². The smallest absolute Gasteiger partial charge is 0.407 e. The fourth-order valence-electron chi connectivity index (χ4n) is 3.10. The zero-order valence-corrected chi connectivity index (χ0v) is 18.7. The number of esters is 1. The molecule has 1 aromatic rings. The van der Waals surface area contributed by atoms with E-state index in [4.69, 9.17) is 9.47 Å². The number of carbonyl (C=O) groups excluding carboxylic acids is 2. The third-order valence-corrected chi connectivity index (χ3v) is 5.47. The Hall–Kier alpha value is -1.35. The van der Waals surface area contributed by atoms with Gasteiger partial charge < -0.3 is 14.8 Å². The summed E-state index contributed by atoms with van der Waals surface area (Å²) in [7, 11) is 0. The molecule has 0 aliphatic carbocycles. The molecule has 2 rings (SSSR count). The van der Waals surface area contributed by atoms with Gasteiger partial charge in [-0.1, -0.05) is 12.1 Å². The number of likely N-dealkylation sites (tertiary alicyclic amines) is 1. The number of carbonyl (C=O) groups is 2. The number of rotatable bonds is 5. The van der Waals surface area contributed by atoms with E-state index in [0.717, 1.165) is 41.6 Å². The van der Waals surface area contributed by atoms with Crippen LogP contribution in [0.3, 0.4) is 0 Å². The summed E-state index contributed by atoms with van der Waals surface area (Å²) in [6, 6.07) is 5.80. The molecule has 1 aliphatic rings. The Labute approximate surface area is 175 Å². The van der Waals surface area contributed by atoms with Gasteiger partial charge in [0.05, 0.1) is 12.2 Å². The Balaban J connectivity index is 1.98. The molecule has 1 atom stereocenters. The van der Waals surface area contributed by atoms with Crippen molar-refractivity contribution >= 4 is 34.7 Å². The van der Waals surface area contributed by atoms with Crippen molar-refractivity contribution in [1.29, 1.82) is 0 Å². The molecule has 1 fully saturated rings. The van der Waals surface area contributed by atoms with Crippen LogP contribution in [-0.4, -0.2) is 48.3 Å². The van der Waals surface area contributed by atoms with Crippen molar-refractivity contribution in [3.05, 3.63) is 32.9 Å². The Kier molecular flexibility index (Phi) is 7.91. The maximum Gasteiger partial charge on any atom is 0.407 e. The highest BCUT2D eigenvalue weighted by Gasteiger charge is 2.25. The van der Waals surface area contributed by atoms with Gasteiger partial charge in [-0.15, -0.1) is 0 Å². The fourth-order valence-corrected chi connectivity index (χ4v) is 3.85. The lowest BCUT2D eigenvalue weighted by Gasteiger charge is -2.33. The number of amides is 1. The molecule has 1 aliphatic heterocycles. The van der Waals surface area contributed by atoms with E-state index >= 15 is 0 Å². The third-order valence-electron chi connectivity index (χ3n) is 4.19. The van der Waals surface area contributed by atoms with Crippen molar-refractivity contribution in [2.24, 2.45) is 0 Å². The van der Waals surface area contributed by atoms with Gasteiger partial charge in [0.1, 0.15) is 5.60 Å². The van der Waals surface area contributed by atoms with Gasteiger partial charge in [-0.3, -0.25) is 4.90 Å². The number of ether oxygens (including phenoxy) is 2. The molecular formula is C20H29IN2O4. The number of hydrogen-bond acceptors (Lipinski definition) is 5. The van der Waals surface area contributed by atoms with Gasteiger partial charge in [-0.2, -0.15) is 0 Å². The fraction of sp³-hybridized carbons (Fsp3) is 0.600. The molecule has 1 aromatic carbocycles. The van der Waals surface area contributed by atoms with E-state index in [1.54, 1.807) is 13.0 Å². The molecule has 6 nitrogen and oxygen atoms in total. The predicted octanol–water partition coefficient (Wildman–Crippen LogP) is 3.96. The number of nitrogens with zero attached hydrogens (tertiary/aromatic N) is 1. The van der Waals surface area contributed by atoms with Gasteiger partial charge in [0, 0.05) is 22.7 Å². The molecule has 0 bridgehead atoms. The van der Waals surface area contributed by atoms with E-state index in [9.17, 15) is 9.59 Å². The molecule has 0 saturated carbocycles. The maximum absolute atomic E-state index is 12.1. The molecule has 0 spiro atoms. The summed E-state index contributed by atoms with van der Waals surface area (Å²) in [5, 5.41) is 2.97. The first-order valence-corrected chi connectivity index (χ1v) is 10.4. The highest BCUT2D eigenvalue weighted by atomic mass is 127. The van der Waals surface area contributed by atoms with E-state index in [0.29, 0.717) is 12.2 Å². The highest BCUT2D eigenvalue weighted by Crippen LogP contribution is 2.22. The van der Waals surface area contributed by atoms with Crippen molar-refractivity contribution in [2.75, 3.05) is 19.7 Å². The van der Waals surface area contributed by atoms with Gasteiger partial charge in [0.2, 0.25) is 0 Å². The lowest BCUT2D eigenvalue weighted by molar-refractivity contribution is 0.0467. The molecule has 0 unspecified atom stereocenters. The maximum atomic E-state index is 12.1. The summed E-state index contributed by atoms with van der Waals surface area (Å²) >= 11 is 2.21. The SMILES string of the molecule is CCOC(=O)c1cccc(CN2CCC[C@H](NC(=O)OC(C)(C)C)C2)c1I. The minimum absolute atomic E-state index is 0.0690. The minimum atomic E-state index is -0.498. The third kappa shape index (κ3) is 6.95. The first kappa shape index (κ1) is 21.9. The lowest BCUT2D eigenvalue weighted by Crippen LogP contribution is -2.48. The average Bonchev–Trinajstić information content (AvgIpc) is 2.55. The summed E-state index contributed by atoms with van der Waals surface area (Å²) < 4.78 is 11.4. The van der Waals surface area contributed by atoms with Crippen LogP contribution in [0.25, 0.3) is 0 Å².